The molecule has 0 saturated carbocycles. The van der Waals surface area contributed by atoms with Crippen molar-refractivity contribution in [2.45, 2.75) is 0 Å². The van der Waals surface area contributed by atoms with Gasteiger partial charge in [-0.05, 0) is 112 Å². The summed E-state index contributed by atoms with van der Waals surface area (Å²) in [5, 5.41) is 9.67. The molecule has 14 aromatic rings. The molecule has 0 atom stereocenters. The number of aromatic nitrogens is 1. The number of furan rings is 1. The van der Waals surface area contributed by atoms with E-state index in [1.54, 1.807) is 0 Å². The minimum atomic E-state index is 0.854. The summed E-state index contributed by atoms with van der Waals surface area (Å²) in [6.45, 7) is 0. The number of nitrogens with zero attached hydrogens (tertiary/aromatic N) is 2. The number of para-hydroxylation sites is 4. The molecule has 0 unspecified atom stereocenters. The van der Waals surface area contributed by atoms with Crippen molar-refractivity contribution in [1.29, 1.82) is 0 Å². The molecule has 0 aliphatic heterocycles. The van der Waals surface area contributed by atoms with Crippen LogP contribution in [0.4, 0.5) is 17.1 Å². The molecular formula is C64H40N2OS. The normalized spacial score (nSPS) is 11.8. The van der Waals surface area contributed by atoms with Crippen molar-refractivity contribution in [3.8, 4) is 39.1 Å². The molecule has 3 heterocycles. The molecular weight excluding hydrogens is 845 g/mol. The van der Waals surface area contributed by atoms with Gasteiger partial charge in [0.1, 0.15) is 11.2 Å². The first-order valence-electron chi connectivity index (χ1n) is 23.2. The molecule has 0 spiro atoms. The van der Waals surface area contributed by atoms with Crippen LogP contribution >= 0.6 is 11.3 Å². The number of benzene rings is 11. The van der Waals surface area contributed by atoms with Gasteiger partial charge >= 0.3 is 0 Å². The predicted molar refractivity (Wildman–Crippen MR) is 289 cm³/mol. The molecule has 0 aliphatic carbocycles. The van der Waals surface area contributed by atoms with Gasteiger partial charge in [-0.3, -0.25) is 0 Å². The molecule has 3 aromatic heterocycles. The zero-order valence-corrected chi connectivity index (χ0v) is 37.6. The lowest BCUT2D eigenvalue weighted by molar-refractivity contribution is 0.670. The Kier molecular flexibility index (Phi) is 8.76. The number of hydrogen-bond acceptors (Lipinski definition) is 3. The Morgan fingerprint density at radius 3 is 1.82 bits per heavy atom. The lowest BCUT2D eigenvalue weighted by Crippen LogP contribution is -2.12. The summed E-state index contributed by atoms with van der Waals surface area (Å²) in [6, 6.07) is 88.3. The largest absolute Gasteiger partial charge is 0.455 e. The van der Waals surface area contributed by atoms with E-state index < -0.39 is 0 Å². The Morgan fingerprint density at radius 1 is 0.368 bits per heavy atom. The number of fused-ring (bicyclic) bond motifs is 10. The van der Waals surface area contributed by atoms with Crippen LogP contribution in [0.2, 0.25) is 0 Å². The van der Waals surface area contributed by atoms with Crippen molar-refractivity contribution in [2.75, 3.05) is 4.90 Å². The van der Waals surface area contributed by atoms with Crippen molar-refractivity contribution < 1.29 is 4.42 Å². The summed E-state index contributed by atoms with van der Waals surface area (Å²) in [5.74, 6) is 0. The SMILES string of the molecule is c1cc(-c2cccc3ccccc23)cc(N(c2ccccc2-c2ccc3sc4ccccc4c3c2)c2ccc3c(oc4ccccc43)c2-c2ccc(-n3c4ccccc4c4ccccc43)cc2)c1. The molecule has 14 rings (SSSR count). The second-order valence-electron chi connectivity index (χ2n) is 17.6. The second-order valence-corrected chi connectivity index (χ2v) is 18.7. The number of hydrogen-bond donors (Lipinski definition) is 0. The summed E-state index contributed by atoms with van der Waals surface area (Å²) in [7, 11) is 0. The monoisotopic (exact) mass is 884 g/mol. The van der Waals surface area contributed by atoms with Gasteiger partial charge in [0, 0.05) is 64.2 Å². The van der Waals surface area contributed by atoms with E-state index in [1.807, 2.05) is 11.3 Å². The molecule has 0 saturated heterocycles. The van der Waals surface area contributed by atoms with Crippen LogP contribution in [0.25, 0.3) is 114 Å². The molecule has 0 N–H and O–H groups in total. The summed E-state index contributed by atoms with van der Waals surface area (Å²) in [6.07, 6.45) is 0. The van der Waals surface area contributed by atoms with Crippen molar-refractivity contribution in [3.63, 3.8) is 0 Å². The van der Waals surface area contributed by atoms with Crippen molar-refractivity contribution in [2.24, 2.45) is 0 Å². The molecule has 318 valence electrons. The van der Waals surface area contributed by atoms with Crippen molar-refractivity contribution >= 4 is 103 Å². The van der Waals surface area contributed by atoms with E-state index in [4.69, 9.17) is 4.42 Å². The molecule has 0 radical (unpaired) electrons. The third kappa shape index (κ3) is 6.05. The van der Waals surface area contributed by atoms with Crippen LogP contribution in [-0.2, 0) is 0 Å². The van der Waals surface area contributed by atoms with Gasteiger partial charge in [-0.1, -0.05) is 164 Å². The van der Waals surface area contributed by atoms with Crippen LogP contribution in [-0.4, -0.2) is 4.57 Å². The Hall–Kier alpha value is -8.70. The van der Waals surface area contributed by atoms with Crippen LogP contribution in [0.3, 0.4) is 0 Å². The van der Waals surface area contributed by atoms with Crippen molar-refractivity contribution in [1.82, 2.24) is 4.57 Å². The van der Waals surface area contributed by atoms with Gasteiger partial charge in [-0.25, -0.2) is 0 Å². The van der Waals surface area contributed by atoms with Crippen LogP contribution < -0.4 is 4.90 Å². The molecule has 4 heteroatoms. The Morgan fingerprint density at radius 2 is 0.985 bits per heavy atom. The fraction of sp³-hybridized carbons (Fsp3) is 0. The van der Waals surface area contributed by atoms with Gasteiger partial charge in [-0.15, -0.1) is 11.3 Å². The maximum absolute atomic E-state index is 7.02. The lowest BCUT2D eigenvalue weighted by Gasteiger charge is -2.30. The summed E-state index contributed by atoms with van der Waals surface area (Å²) in [4.78, 5) is 2.46. The fourth-order valence-electron chi connectivity index (χ4n) is 10.7. The topological polar surface area (TPSA) is 21.3 Å². The van der Waals surface area contributed by atoms with Gasteiger partial charge in [0.25, 0.3) is 0 Å². The second kappa shape index (κ2) is 15.5. The number of thiophene rings is 1. The van der Waals surface area contributed by atoms with E-state index in [0.29, 0.717) is 0 Å². The van der Waals surface area contributed by atoms with E-state index in [0.717, 1.165) is 72.5 Å². The molecule has 0 fully saturated rings. The van der Waals surface area contributed by atoms with E-state index in [1.165, 1.54) is 58.3 Å². The van der Waals surface area contributed by atoms with Crippen LogP contribution in [0.15, 0.2) is 247 Å². The first-order chi connectivity index (χ1) is 33.7. The highest BCUT2D eigenvalue weighted by Gasteiger charge is 2.26. The number of rotatable bonds is 7. The molecule has 0 amide bonds. The average Bonchev–Trinajstić information content (AvgIpc) is 4.08. The van der Waals surface area contributed by atoms with Gasteiger partial charge < -0.3 is 13.9 Å². The van der Waals surface area contributed by atoms with Crippen LogP contribution in [0, 0.1) is 0 Å². The third-order valence-corrected chi connectivity index (χ3v) is 14.9. The summed E-state index contributed by atoms with van der Waals surface area (Å²) < 4.78 is 12.0. The first-order valence-corrected chi connectivity index (χ1v) is 24.0. The first kappa shape index (κ1) is 38.6. The van der Waals surface area contributed by atoms with Crippen molar-refractivity contribution in [3.05, 3.63) is 243 Å². The van der Waals surface area contributed by atoms with E-state index >= 15 is 0 Å². The average molecular weight is 885 g/mol. The quantitative estimate of drug-likeness (QED) is 0.159. The van der Waals surface area contributed by atoms with Gasteiger partial charge in [0.15, 0.2) is 0 Å². The predicted octanol–water partition coefficient (Wildman–Crippen LogP) is 18.7. The van der Waals surface area contributed by atoms with Gasteiger partial charge in [0.05, 0.1) is 22.4 Å². The van der Waals surface area contributed by atoms with Crippen LogP contribution in [0.1, 0.15) is 0 Å². The van der Waals surface area contributed by atoms with E-state index in [9.17, 15) is 0 Å². The third-order valence-electron chi connectivity index (χ3n) is 13.8. The Labute approximate surface area is 396 Å². The Bertz CT molecular complexity index is 4230. The molecule has 68 heavy (non-hydrogen) atoms. The maximum Gasteiger partial charge on any atom is 0.145 e. The lowest BCUT2D eigenvalue weighted by atomic mass is 9.95. The summed E-state index contributed by atoms with van der Waals surface area (Å²) >= 11 is 1.85. The number of anilines is 3. The van der Waals surface area contributed by atoms with Gasteiger partial charge in [0.2, 0.25) is 0 Å². The zero-order valence-electron chi connectivity index (χ0n) is 36.8. The minimum absolute atomic E-state index is 0.854. The minimum Gasteiger partial charge on any atom is -0.455 e. The molecule has 0 bridgehead atoms. The highest BCUT2D eigenvalue weighted by molar-refractivity contribution is 7.25. The Balaban J connectivity index is 1.03. The maximum atomic E-state index is 7.02. The smallest absolute Gasteiger partial charge is 0.145 e. The van der Waals surface area contributed by atoms with Crippen LogP contribution in [0.5, 0.6) is 0 Å². The van der Waals surface area contributed by atoms with E-state index in [2.05, 4.69) is 252 Å². The summed E-state index contributed by atoms with van der Waals surface area (Å²) in [5.41, 5.74) is 15.1. The molecule has 11 aromatic carbocycles. The molecule has 3 nitrogen and oxygen atoms in total. The highest BCUT2D eigenvalue weighted by Crippen LogP contribution is 2.50. The van der Waals surface area contributed by atoms with E-state index in [-0.39, 0.29) is 0 Å². The standard InChI is InChI=1S/C64H40N2OS/c1-2-19-47-41(15-1)16-14-25-48(47)43-17-13-18-46(39-43)66(56-26-8-3-20-49(56)44-33-38-62-55(40-44)53-24-7-12-30-61(53)68-62)59-37-36-54-52-23-6-11-29-60(52)67-64(54)63(59)42-31-34-45(35-32-42)65-57-27-9-4-21-50(57)51-22-5-10-28-58(51)65/h1-40H. The highest BCUT2D eigenvalue weighted by atomic mass is 32.1. The molecule has 0 aliphatic rings. The van der Waals surface area contributed by atoms with Gasteiger partial charge in [-0.2, -0.15) is 0 Å². The zero-order chi connectivity index (χ0) is 44.7. The fourth-order valence-corrected chi connectivity index (χ4v) is 11.8.